The van der Waals surface area contributed by atoms with Gasteiger partial charge in [-0.3, -0.25) is 0 Å². The highest BCUT2D eigenvalue weighted by Crippen LogP contribution is 2.26. The van der Waals surface area contributed by atoms with Crippen LogP contribution in [-0.2, 0) is 4.74 Å². The molecule has 0 bridgehead atoms. The van der Waals surface area contributed by atoms with Gasteiger partial charge in [0.05, 0.1) is 23.4 Å². The van der Waals surface area contributed by atoms with Crippen LogP contribution in [-0.4, -0.2) is 23.0 Å². The van der Waals surface area contributed by atoms with Crippen molar-refractivity contribution in [3.63, 3.8) is 0 Å². The lowest BCUT2D eigenvalue weighted by Gasteiger charge is -2.11. The van der Waals surface area contributed by atoms with Crippen LogP contribution in [0.3, 0.4) is 0 Å². The predicted molar refractivity (Wildman–Crippen MR) is 97.8 cm³/mol. The van der Waals surface area contributed by atoms with Crippen molar-refractivity contribution in [1.82, 2.24) is 9.97 Å². The Balaban J connectivity index is 1.82. The summed E-state index contributed by atoms with van der Waals surface area (Å²) in [5, 5.41) is 6.35. The maximum absolute atomic E-state index is 13.3. The van der Waals surface area contributed by atoms with Crippen LogP contribution in [0.4, 0.5) is 27.5 Å². The van der Waals surface area contributed by atoms with Gasteiger partial charge in [-0.05, 0) is 42.5 Å². The number of nitrogens with one attached hydrogen (secondary N) is 2. The average Bonchev–Trinajstić information content (AvgIpc) is 2.63. The van der Waals surface area contributed by atoms with Gasteiger partial charge in [0.2, 0.25) is 5.95 Å². The molecule has 0 spiro atoms. The van der Waals surface area contributed by atoms with E-state index in [9.17, 15) is 9.18 Å². The molecule has 0 atom stereocenters. The molecule has 0 amide bonds. The first-order valence-corrected chi connectivity index (χ1v) is 7.93. The number of hydrogen-bond donors (Lipinski definition) is 2. The number of esters is 1. The fraction of sp³-hybridized carbons (Fsp3) is 0.0556. The zero-order chi connectivity index (χ0) is 18.5. The second kappa shape index (κ2) is 7.79. The van der Waals surface area contributed by atoms with Crippen molar-refractivity contribution in [3.05, 3.63) is 71.1 Å². The normalized spacial score (nSPS) is 10.3. The van der Waals surface area contributed by atoms with Crippen LogP contribution in [0.15, 0.2) is 54.7 Å². The first kappa shape index (κ1) is 17.6. The Morgan fingerprint density at radius 1 is 1.15 bits per heavy atom. The summed E-state index contributed by atoms with van der Waals surface area (Å²) in [6.07, 6.45) is 1.54. The van der Waals surface area contributed by atoms with Crippen molar-refractivity contribution in [2.24, 2.45) is 0 Å². The van der Waals surface area contributed by atoms with Crippen molar-refractivity contribution in [3.8, 4) is 0 Å². The number of anilines is 4. The standard InChI is InChI=1S/C18H14ClFN4O2/c1-26-17(25)11-5-6-14(19)15(9-11)23-16-7-8-21-18(24-16)22-13-4-2-3-12(20)10-13/h2-10H,1H3,(H2,21,22,23,24). The lowest BCUT2D eigenvalue weighted by Crippen LogP contribution is -2.04. The largest absolute Gasteiger partial charge is 0.465 e. The van der Waals surface area contributed by atoms with E-state index in [-0.39, 0.29) is 11.8 Å². The molecule has 0 aliphatic heterocycles. The Morgan fingerprint density at radius 2 is 2.00 bits per heavy atom. The molecule has 1 heterocycles. The summed E-state index contributed by atoms with van der Waals surface area (Å²) >= 11 is 6.17. The SMILES string of the molecule is COC(=O)c1ccc(Cl)c(Nc2ccnc(Nc3cccc(F)c3)n2)c1. The highest BCUT2D eigenvalue weighted by atomic mass is 35.5. The van der Waals surface area contributed by atoms with Gasteiger partial charge in [0.1, 0.15) is 11.6 Å². The van der Waals surface area contributed by atoms with Gasteiger partial charge >= 0.3 is 5.97 Å². The molecular formula is C18H14ClFN4O2. The van der Waals surface area contributed by atoms with Crippen LogP contribution in [0, 0.1) is 5.82 Å². The quantitative estimate of drug-likeness (QED) is 0.640. The van der Waals surface area contributed by atoms with Crippen LogP contribution in [0.5, 0.6) is 0 Å². The summed E-state index contributed by atoms with van der Waals surface area (Å²) in [6, 6.07) is 12.3. The highest BCUT2D eigenvalue weighted by Gasteiger charge is 2.10. The van der Waals surface area contributed by atoms with Gasteiger partial charge in [-0.1, -0.05) is 17.7 Å². The Morgan fingerprint density at radius 3 is 2.77 bits per heavy atom. The van der Waals surface area contributed by atoms with E-state index >= 15 is 0 Å². The molecule has 0 aliphatic carbocycles. The molecular weight excluding hydrogens is 359 g/mol. The molecule has 0 unspecified atom stereocenters. The molecule has 2 aromatic carbocycles. The molecule has 6 nitrogen and oxygen atoms in total. The number of ether oxygens (including phenoxy) is 1. The van der Waals surface area contributed by atoms with Crippen LogP contribution < -0.4 is 10.6 Å². The zero-order valence-corrected chi connectivity index (χ0v) is 14.4. The number of rotatable bonds is 5. The Bertz CT molecular complexity index is 952. The third kappa shape index (κ3) is 4.25. The maximum atomic E-state index is 13.3. The van der Waals surface area contributed by atoms with Crippen molar-refractivity contribution in [2.75, 3.05) is 17.7 Å². The van der Waals surface area contributed by atoms with Crippen molar-refractivity contribution < 1.29 is 13.9 Å². The average molecular weight is 373 g/mol. The molecule has 3 aromatic rings. The number of benzene rings is 2. The fourth-order valence-corrected chi connectivity index (χ4v) is 2.35. The molecule has 1 aromatic heterocycles. The molecule has 2 N–H and O–H groups in total. The topological polar surface area (TPSA) is 76.1 Å². The molecule has 8 heteroatoms. The van der Waals surface area contributed by atoms with E-state index < -0.39 is 5.97 Å². The second-order valence-electron chi connectivity index (χ2n) is 5.21. The van der Waals surface area contributed by atoms with E-state index in [4.69, 9.17) is 16.3 Å². The third-order valence-corrected chi connectivity index (χ3v) is 3.72. The first-order valence-electron chi connectivity index (χ1n) is 7.55. The minimum atomic E-state index is -0.471. The van der Waals surface area contributed by atoms with E-state index in [1.165, 1.54) is 25.4 Å². The molecule has 132 valence electrons. The number of halogens is 2. The van der Waals surface area contributed by atoms with Crippen LogP contribution in [0.25, 0.3) is 0 Å². The molecule has 0 saturated heterocycles. The van der Waals surface area contributed by atoms with Crippen LogP contribution in [0.1, 0.15) is 10.4 Å². The summed E-state index contributed by atoms with van der Waals surface area (Å²) in [4.78, 5) is 20.0. The summed E-state index contributed by atoms with van der Waals surface area (Å²) in [7, 11) is 1.30. The monoisotopic (exact) mass is 372 g/mol. The number of carbonyl (C=O) groups excluding carboxylic acids is 1. The molecule has 3 rings (SSSR count). The van der Waals surface area contributed by atoms with Crippen LogP contribution >= 0.6 is 11.6 Å². The smallest absolute Gasteiger partial charge is 0.337 e. The molecule has 0 saturated carbocycles. The molecule has 0 fully saturated rings. The van der Waals surface area contributed by atoms with E-state index in [2.05, 4.69) is 20.6 Å². The third-order valence-electron chi connectivity index (χ3n) is 3.39. The Hall–Kier alpha value is -3.19. The summed E-state index contributed by atoms with van der Waals surface area (Å²) in [5.41, 5.74) is 1.37. The van der Waals surface area contributed by atoms with Crippen molar-refractivity contribution in [2.45, 2.75) is 0 Å². The summed E-state index contributed by atoms with van der Waals surface area (Å²) < 4.78 is 18.0. The predicted octanol–water partition coefficient (Wildman–Crippen LogP) is 4.54. The number of carbonyl (C=O) groups is 1. The minimum absolute atomic E-state index is 0.279. The van der Waals surface area contributed by atoms with E-state index in [1.54, 1.807) is 36.4 Å². The minimum Gasteiger partial charge on any atom is -0.465 e. The van der Waals surface area contributed by atoms with Gasteiger partial charge in [-0.15, -0.1) is 0 Å². The van der Waals surface area contributed by atoms with Gasteiger partial charge < -0.3 is 15.4 Å². The summed E-state index contributed by atoms with van der Waals surface area (Å²) in [5.74, 6) is -0.111. The fourth-order valence-electron chi connectivity index (χ4n) is 2.19. The highest BCUT2D eigenvalue weighted by molar-refractivity contribution is 6.33. The van der Waals surface area contributed by atoms with Crippen molar-refractivity contribution in [1.29, 1.82) is 0 Å². The Kier molecular flexibility index (Phi) is 5.28. The zero-order valence-electron chi connectivity index (χ0n) is 13.7. The number of aromatic nitrogens is 2. The summed E-state index contributed by atoms with van der Waals surface area (Å²) in [6.45, 7) is 0. The lowest BCUT2D eigenvalue weighted by atomic mass is 10.2. The van der Waals surface area contributed by atoms with E-state index in [1.807, 2.05) is 0 Å². The van der Waals surface area contributed by atoms with Crippen molar-refractivity contribution >= 4 is 40.7 Å². The first-order chi connectivity index (χ1) is 12.5. The molecule has 0 aliphatic rings. The van der Waals surface area contributed by atoms with Gasteiger partial charge in [0.15, 0.2) is 0 Å². The van der Waals surface area contributed by atoms with Gasteiger partial charge in [0.25, 0.3) is 0 Å². The van der Waals surface area contributed by atoms with Gasteiger partial charge in [0, 0.05) is 11.9 Å². The van der Waals surface area contributed by atoms with E-state index in [0.717, 1.165) is 0 Å². The molecule has 26 heavy (non-hydrogen) atoms. The second-order valence-corrected chi connectivity index (χ2v) is 5.62. The lowest BCUT2D eigenvalue weighted by molar-refractivity contribution is 0.0601. The number of hydrogen-bond acceptors (Lipinski definition) is 6. The maximum Gasteiger partial charge on any atom is 0.337 e. The number of methoxy groups -OCH3 is 1. The molecule has 0 radical (unpaired) electrons. The van der Waals surface area contributed by atoms with E-state index in [0.29, 0.717) is 27.8 Å². The van der Waals surface area contributed by atoms with Crippen LogP contribution in [0.2, 0.25) is 5.02 Å². The van der Waals surface area contributed by atoms with Gasteiger partial charge in [-0.2, -0.15) is 4.98 Å². The number of nitrogens with zero attached hydrogens (tertiary/aromatic N) is 2. The Labute approximate surface area is 154 Å². The van der Waals surface area contributed by atoms with Gasteiger partial charge in [-0.25, -0.2) is 14.2 Å².